The van der Waals surface area contributed by atoms with Gasteiger partial charge in [-0.05, 0) is 42.3 Å². The van der Waals surface area contributed by atoms with Crippen LogP contribution in [0.15, 0.2) is 47.4 Å². The van der Waals surface area contributed by atoms with Crippen LogP contribution in [0.25, 0.3) is 0 Å². The third-order valence-corrected chi connectivity index (χ3v) is 4.26. The zero-order valence-electron chi connectivity index (χ0n) is 11.0. The summed E-state index contributed by atoms with van der Waals surface area (Å²) >= 11 is 0. The second-order valence-corrected chi connectivity index (χ2v) is 6.26. The molecule has 0 aromatic heterocycles. The zero-order valence-corrected chi connectivity index (χ0v) is 11.8. The Morgan fingerprint density at radius 3 is 2.29 bits per heavy atom. The summed E-state index contributed by atoms with van der Waals surface area (Å²) in [5, 5.41) is 0. The Morgan fingerprint density at radius 2 is 1.67 bits per heavy atom. The van der Waals surface area contributed by atoms with Crippen molar-refractivity contribution in [2.45, 2.75) is 11.3 Å². The molecule has 7 heteroatoms. The minimum atomic E-state index is -3.83. The molecule has 0 aliphatic heterocycles. The molecule has 0 fully saturated rings. The van der Waals surface area contributed by atoms with Gasteiger partial charge in [0.1, 0.15) is 11.6 Å². The van der Waals surface area contributed by atoms with Crippen molar-refractivity contribution in [2.24, 2.45) is 0 Å². The van der Waals surface area contributed by atoms with Crippen molar-refractivity contribution >= 4 is 15.7 Å². The molecule has 4 nitrogen and oxygen atoms in total. The highest BCUT2D eigenvalue weighted by molar-refractivity contribution is 7.89. The lowest BCUT2D eigenvalue weighted by Gasteiger charge is -2.08. The highest BCUT2D eigenvalue weighted by atomic mass is 32.2. The maximum absolute atomic E-state index is 13.2. The Hall–Kier alpha value is -1.99. The Bertz CT molecular complexity index is 711. The molecule has 0 unspecified atom stereocenters. The summed E-state index contributed by atoms with van der Waals surface area (Å²) in [4.78, 5) is -0.223. The predicted octanol–water partition coefficient (Wildman–Crippen LogP) is 2.07. The molecule has 0 aliphatic rings. The summed E-state index contributed by atoms with van der Waals surface area (Å²) in [7, 11) is -3.83. The number of halogens is 2. The summed E-state index contributed by atoms with van der Waals surface area (Å²) in [5.41, 5.74) is 6.25. The monoisotopic (exact) mass is 312 g/mol. The molecular weight excluding hydrogens is 298 g/mol. The third kappa shape index (κ3) is 4.24. The van der Waals surface area contributed by atoms with E-state index in [9.17, 15) is 17.2 Å². The van der Waals surface area contributed by atoms with Crippen molar-refractivity contribution in [2.75, 3.05) is 12.3 Å². The van der Waals surface area contributed by atoms with Crippen LogP contribution in [0, 0.1) is 11.6 Å². The van der Waals surface area contributed by atoms with Gasteiger partial charge in [-0.3, -0.25) is 0 Å². The minimum absolute atomic E-state index is 0.0360. The van der Waals surface area contributed by atoms with Crippen LogP contribution in [-0.4, -0.2) is 15.0 Å². The van der Waals surface area contributed by atoms with Crippen LogP contribution >= 0.6 is 0 Å². The smallest absolute Gasteiger partial charge is 0.240 e. The van der Waals surface area contributed by atoms with Gasteiger partial charge in [0.15, 0.2) is 0 Å². The van der Waals surface area contributed by atoms with E-state index in [1.54, 1.807) is 12.1 Å². The van der Waals surface area contributed by atoms with Crippen molar-refractivity contribution in [3.63, 3.8) is 0 Å². The van der Waals surface area contributed by atoms with Gasteiger partial charge in [-0.15, -0.1) is 0 Å². The van der Waals surface area contributed by atoms with Gasteiger partial charge >= 0.3 is 0 Å². The van der Waals surface area contributed by atoms with E-state index in [1.165, 1.54) is 18.2 Å². The molecular formula is C14H14F2N2O2S. The molecule has 0 heterocycles. The molecule has 3 N–H and O–H groups in total. The van der Waals surface area contributed by atoms with Gasteiger partial charge in [0.25, 0.3) is 0 Å². The second kappa shape index (κ2) is 6.19. The van der Waals surface area contributed by atoms with Gasteiger partial charge < -0.3 is 5.73 Å². The summed E-state index contributed by atoms with van der Waals surface area (Å²) < 4.78 is 52.2. The maximum Gasteiger partial charge on any atom is 0.240 e. The summed E-state index contributed by atoms with van der Waals surface area (Å²) in [6.07, 6.45) is 0.393. The normalized spacial score (nSPS) is 11.5. The fourth-order valence-corrected chi connectivity index (χ4v) is 2.90. The highest BCUT2D eigenvalue weighted by Gasteiger charge is 2.15. The molecule has 0 saturated carbocycles. The van der Waals surface area contributed by atoms with Crippen LogP contribution in [0.3, 0.4) is 0 Å². The first-order valence-electron chi connectivity index (χ1n) is 6.17. The quantitative estimate of drug-likeness (QED) is 0.830. The van der Waals surface area contributed by atoms with E-state index in [1.807, 2.05) is 0 Å². The number of nitrogen functional groups attached to an aromatic ring is 1. The van der Waals surface area contributed by atoms with Crippen molar-refractivity contribution in [3.05, 3.63) is 59.7 Å². The lowest BCUT2D eigenvalue weighted by molar-refractivity contribution is 0.577. The van der Waals surface area contributed by atoms with E-state index < -0.39 is 15.8 Å². The van der Waals surface area contributed by atoms with Crippen molar-refractivity contribution in [1.29, 1.82) is 0 Å². The molecule has 0 radical (unpaired) electrons. The van der Waals surface area contributed by atoms with Crippen LogP contribution in [0.4, 0.5) is 14.5 Å². The highest BCUT2D eigenvalue weighted by Crippen LogP contribution is 2.15. The van der Waals surface area contributed by atoms with Crippen molar-refractivity contribution in [3.8, 4) is 0 Å². The molecule has 0 atom stereocenters. The van der Waals surface area contributed by atoms with Gasteiger partial charge in [0.2, 0.25) is 10.0 Å². The van der Waals surface area contributed by atoms with Gasteiger partial charge in [0.05, 0.1) is 4.90 Å². The molecule has 112 valence electrons. The van der Waals surface area contributed by atoms with Gasteiger partial charge in [0, 0.05) is 12.2 Å². The first kappa shape index (κ1) is 15.4. The zero-order chi connectivity index (χ0) is 15.5. The fourth-order valence-electron chi connectivity index (χ4n) is 1.80. The predicted molar refractivity (Wildman–Crippen MR) is 76.1 cm³/mol. The van der Waals surface area contributed by atoms with Crippen LogP contribution in [-0.2, 0) is 16.4 Å². The number of rotatable bonds is 5. The molecule has 0 saturated heterocycles. The van der Waals surface area contributed by atoms with E-state index in [0.29, 0.717) is 6.42 Å². The number of nitrogens with two attached hydrogens (primary N) is 1. The number of sulfonamides is 1. The lowest BCUT2D eigenvalue weighted by atomic mass is 10.1. The maximum atomic E-state index is 13.2. The Morgan fingerprint density at radius 1 is 1.00 bits per heavy atom. The fraction of sp³-hybridized carbons (Fsp3) is 0.143. The van der Waals surface area contributed by atoms with Crippen LogP contribution in [0.1, 0.15) is 5.56 Å². The summed E-state index contributed by atoms with van der Waals surface area (Å²) in [5.74, 6) is -1.07. The average Bonchev–Trinajstić information content (AvgIpc) is 2.40. The Kier molecular flexibility index (Phi) is 4.54. The standard InChI is InChI=1S/C14H14F2N2O2S/c15-11-3-1-10(2-4-11)5-6-18-21(19,20)14-8-12(16)7-13(17)9-14/h1-4,7-9,18H,5-6,17H2. The van der Waals surface area contributed by atoms with Crippen LogP contribution in [0.2, 0.25) is 0 Å². The Labute approximate surface area is 121 Å². The molecule has 0 aliphatic carbocycles. The molecule has 2 aromatic carbocycles. The van der Waals surface area contributed by atoms with Gasteiger partial charge in [-0.1, -0.05) is 12.1 Å². The average molecular weight is 312 g/mol. The summed E-state index contributed by atoms with van der Waals surface area (Å²) in [6, 6.07) is 8.87. The third-order valence-electron chi connectivity index (χ3n) is 2.82. The second-order valence-electron chi connectivity index (χ2n) is 4.49. The van der Waals surface area contributed by atoms with E-state index in [2.05, 4.69) is 4.72 Å². The SMILES string of the molecule is Nc1cc(F)cc(S(=O)(=O)NCCc2ccc(F)cc2)c1. The topological polar surface area (TPSA) is 72.2 Å². The molecule has 0 spiro atoms. The Balaban J connectivity index is 2.02. The van der Waals surface area contributed by atoms with Crippen molar-refractivity contribution in [1.82, 2.24) is 4.72 Å². The van der Waals surface area contributed by atoms with Crippen LogP contribution < -0.4 is 10.5 Å². The van der Waals surface area contributed by atoms with E-state index in [4.69, 9.17) is 5.73 Å². The number of hydrogen-bond donors (Lipinski definition) is 2. The number of nitrogens with one attached hydrogen (secondary N) is 1. The largest absolute Gasteiger partial charge is 0.399 e. The molecule has 0 amide bonds. The number of hydrogen-bond acceptors (Lipinski definition) is 3. The van der Waals surface area contributed by atoms with E-state index in [0.717, 1.165) is 17.7 Å². The number of benzene rings is 2. The first-order valence-corrected chi connectivity index (χ1v) is 7.65. The van der Waals surface area contributed by atoms with Gasteiger partial charge in [-0.25, -0.2) is 21.9 Å². The van der Waals surface area contributed by atoms with E-state index in [-0.39, 0.29) is 22.9 Å². The molecule has 2 rings (SSSR count). The number of anilines is 1. The molecule has 0 bridgehead atoms. The molecule has 21 heavy (non-hydrogen) atoms. The molecule has 2 aromatic rings. The van der Waals surface area contributed by atoms with Crippen LogP contribution in [0.5, 0.6) is 0 Å². The lowest BCUT2D eigenvalue weighted by Crippen LogP contribution is -2.26. The minimum Gasteiger partial charge on any atom is -0.399 e. The summed E-state index contributed by atoms with van der Waals surface area (Å²) in [6.45, 7) is 0.115. The first-order chi connectivity index (χ1) is 9.87. The van der Waals surface area contributed by atoms with Crippen molar-refractivity contribution < 1.29 is 17.2 Å². The van der Waals surface area contributed by atoms with E-state index >= 15 is 0 Å². The van der Waals surface area contributed by atoms with Gasteiger partial charge in [-0.2, -0.15) is 0 Å².